The molecule has 3 aromatic rings. The first-order valence-electron chi connectivity index (χ1n) is 8.50. The van der Waals surface area contributed by atoms with E-state index in [1.165, 1.54) is 10.9 Å². The van der Waals surface area contributed by atoms with Crippen LogP contribution < -0.4 is 11.3 Å². The minimum atomic E-state index is -0.656. The van der Waals surface area contributed by atoms with E-state index >= 15 is 0 Å². The molecule has 0 saturated heterocycles. The van der Waals surface area contributed by atoms with Crippen molar-refractivity contribution in [2.75, 3.05) is 0 Å². The Hall–Kier alpha value is -2.67. The molecule has 2 heterocycles. The number of fused-ring (bicyclic) bond motifs is 3. The normalized spacial score (nSPS) is 13.3. The number of esters is 1. The molecule has 7 nitrogen and oxygen atoms in total. The summed E-state index contributed by atoms with van der Waals surface area (Å²) in [6.07, 6.45) is 1.54. The molecule has 0 saturated carbocycles. The fraction of sp³-hybridized carbons (Fsp3) is 0.421. The molecule has 0 aliphatic heterocycles. The second kappa shape index (κ2) is 5.95. The highest BCUT2D eigenvalue weighted by molar-refractivity contribution is 5.96. The van der Waals surface area contributed by atoms with Crippen LogP contribution in [-0.2, 0) is 11.8 Å². The lowest BCUT2D eigenvalue weighted by Crippen LogP contribution is -2.26. The number of aryl methyl sites for hydroxylation is 2. The minimum absolute atomic E-state index is 0.109. The molecular formula is C19H24N4O3. The minimum Gasteiger partial charge on any atom is -0.455 e. The van der Waals surface area contributed by atoms with E-state index in [0.717, 1.165) is 11.1 Å². The van der Waals surface area contributed by atoms with Crippen molar-refractivity contribution in [3.05, 3.63) is 45.6 Å². The van der Waals surface area contributed by atoms with Crippen molar-refractivity contribution in [1.82, 2.24) is 14.0 Å². The number of hydrogen-bond donors (Lipinski definition) is 1. The molecule has 0 fully saturated rings. The van der Waals surface area contributed by atoms with E-state index in [1.54, 1.807) is 32.2 Å². The van der Waals surface area contributed by atoms with Gasteiger partial charge in [0, 0.05) is 13.1 Å². The van der Waals surface area contributed by atoms with Gasteiger partial charge in [-0.25, -0.2) is 9.78 Å². The van der Waals surface area contributed by atoms with Crippen molar-refractivity contribution in [3.8, 4) is 0 Å². The molecule has 0 aliphatic carbocycles. The Morgan fingerprint density at radius 1 is 1.31 bits per heavy atom. The maximum atomic E-state index is 13.0. The molecule has 0 amide bonds. The van der Waals surface area contributed by atoms with Crippen LogP contribution >= 0.6 is 0 Å². The number of aromatic nitrogens is 3. The first kappa shape index (κ1) is 18.1. The van der Waals surface area contributed by atoms with Gasteiger partial charge >= 0.3 is 5.97 Å². The van der Waals surface area contributed by atoms with Gasteiger partial charge in [-0.2, -0.15) is 0 Å². The van der Waals surface area contributed by atoms with Crippen LogP contribution in [0.5, 0.6) is 0 Å². The maximum Gasteiger partial charge on any atom is 0.361 e. The highest BCUT2D eigenvalue weighted by atomic mass is 16.6. The molecule has 2 N–H and O–H groups in total. The summed E-state index contributed by atoms with van der Waals surface area (Å²) in [5, 5.41) is 0.542. The van der Waals surface area contributed by atoms with Crippen molar-refractivity contribution in [3.63, 3.8) is 0 Å². The molecule has 1 atom stereocenters. The summed E-state index contributed by atoms with van der Waals surface area (Å²) in [6.45, 7) is 9.15. The fourth-order valence-electron chi connectivity index (χ4n) is 3.16. The Kier molecular flexibility index (Phi) is 4.15. The van der Waals surface area contributed by atoms with Crippen molar-refractivity contribution in [2.45, 2.75) is 46.3 Å². The molecule has 7 heteroatoms. The van der Waals surface area contributed by atoms with E-state index in [-0.39, 0.29) is 17.3 Å². The van der Waals surface area contributed by atoms with Crippen LogP contribution in [0.4, 0.5) is 0 Å². The molecular weight excluding hydrogens is 332 g/mol. The number of benzene rings is 1. The summed E-state index contributed by atoms with van der Waals surface area (Å²) in [4.78, 5) is 29.8. The summed E-state index contributed by atoms with van der Waals surface area (Å²) in [6, 6.07) is 3.51. The van der Waals surface area contributed by atoms with Crippen LogP contribution in [0.2, 0.25) is 0 Å². The van der Waals surface area contributed by atoms with Gasteiger partial charge in [0.2, 0.25) is 0 Å². The van der Waals surface area contributed by atoms with Crippen LogP contribution in [0.1, 0.15) is 55.4 Å². The first-order chi connectivity index (χ1) is 12.0. The summed E-state index contributed by atoms with van der Waals surface area (Å²) >= 11 is 0. The second-order valence-corrected chi connectivity index (χ2v) is 7.69. The van der Waals surface area contributed by atoms with Crippen LogP contribution in [0, 0.1) is 6.92 Å². The number of imidazole rings is 1. The lowest BCUT2D eigenvalue weighted by Gasteiger charge is -2.19. The van der Waals surface area contributed by atoms with Gasteiger partial charge in [0.15, 0.2) is 11.3 Å². The summed E-state index contributed by atoms with van der Waals surface area (Å²) in [7, 11) is 1.63. The summed E-state index contributed by atoms with van der Waals surface area (Å²) in [5.41, 5.74) is 8.24. The highest BCUT2D eigenvalue weighted by Crippen LogP contribution is 2.26. The maximum absolute atomic E-state index is 13.0. The number of nitrogens with two attached hydrogens (primary N) is 1. The van der Waals surface area contributed by atoms with E-state index in [0.29, 0.717) is 16.6 Å². The third-order valence-corrected chi connectivity index (χ3v) is 4.20. The quantitative estimate of drug-likeness (QED) is 0.712. The van der Waals surface area contributed by atoms with Gasteiger partial charge in [-0.1, -0.05) is 6.07 Å². The van der Waals surface area contributed by atoms with Crippen LogP contribution in [0.25, 0.3) is 16.6 Å². The van der Waals surface area contributed by atoms with Crippen LogP contribution in [0.3, 0.4) is 0 Å². The van der Waals surface area contributed by atoms with E-state index in [9.17, 15) is 9.59 Å². The van der Waals surface area contributed by atoms with E-state index < -0.39 is 11.6 Å². The predicted molar refractivity (Wildman–Crippen MR) is 100 cm³/mol. The Morgan fingerprint density at radius 3 is 2.54 bits per heavy atom. The van der Waals surface area contributed by atoms with Gasteiger partial charge in [0.05, 0.1) is 10.9 Å². The fourth-order valence-corrected chi connectivity index (χ4v) is 3.16. The smallest absolute Gasteiger partial charge is 0.361 e. The molecule has 0 spiro atoms. The number of carbonyl (C=O) groups is 1. The molecule has 1 unspecified atom stereocenters. The summed E-state index contributed by atoms with van der Waals surface area (Å²) in [5.74, 6) is -0.566. The predicted octanol–water partition coefficient (Wildman–Crippen LogP) is 2.47. The van der Waals surface area contributed by atoms with Gasteiger partial charge < -0.3 is 10.5 Å². The van der Waals surface area contributed by atoms with Crippen molar-refractivity contribution >= 4 is 22.5 Å². The zero-order valence-corrected chi connectivity index (χ0v) is 16.0. The van der Waals surface area contributed by atoms with Gasteiger partial charge in [-0.15, -0.1) is 0 Å². The molecule has 0 radical (unpaired) electrons. The average Bonchev–Trinajstić information content (AvgIpc) is 2.95. The monoisotopic (exact) mass is 356 g/mol. The third-order valence-electron chi connectivity index (χ3n) is 4.20. The lowest BCUT2D eigenvalue weighted by atomic mass is 10.0. The zero-order valence-electron chi connectivity index (χ0n) is 16.0. The first-order valence-corrected chi connectivity index (χ1v) is 8.50. The van der Waals surface area contributed by atoms with Crippen molar-refractivity contribution in [1.29, 1.82) is 0 Å². The van der Waals surface area contributed by atoms with Gasteiger partial charge in [0.1, 0.15) is 11.9 Å². The lowest BCUT2D eigenvalue weighted by molar-refractivity contribution is 0.00653. The van der Waals surface area contributed by atoms with Crippen LogP contribution in [-0.4, -0.2) is 25.5 Å². The molecule has 3 rings (SSSR count). The highest BCUT2D eigenvalue weighted by Gasteiger charge is 2.25. The topological polar surface area (TPSA) is 91.6 Å². The molecule has 0 aliphatic rings. The number of rotatable bonds is 2. The molecule has 1 aromatic carbocycles. The van der Waals surface area contributed by atoms with Gasteiger partial charge in [-0.05, 0) is 51.8 Å². The number of hydrogen-bond acceptors (Lipinski definition) is 5. The van der Waals surface area contributed by atoms with Crippen molar-refractivity contribution in [2.24, 2.45) is 12.8 Å². The second-order valence-electron chi connectivity index (χ2n) is 7.69. The Morgan fingerprint density at radius 2 is 1.96 bits per heavy atom. The Balaban J connectivity index is 2.43. The SMILES string of the molecule is Cc1cc(C(C)N)c2c(c1)c(=O)n(C)c1c(C(=O)OC(C)(C)C)ncn21. The zero-order chi connectivity index (χ0) is 19.4. The number of carbonyl (C=O) groups excluding carboxylic acids is 1. The van der Waals surface area contributed by atoms with E-state index in [2.05, 4.69) is 4.98 Å². The standard InChI is InChI=1S/C19H24N4O3/c1-10-7-12(11(2)20)15-13(8-10)17(24)22(6)16-14(21-9-23(15)16)18(25)26-19(3,4)5/h7-9,11H,20H2,1-6H3. The van der Waals surface area contributed by atoms with Gasteiger partial charge in [-0.3, -0.25) is 13.8 Å². The number of ether oxygens (including phenoxy) is 1. The average molecular weight is 356 g/mol. The molecule has 26 heavy (non-hydrogen) atoms. The largest absolute Gasteiger partial charge is 0.455 e. The summed E-state index contributed by atoms with van der Waals surface area (Å²) < 4.78 is 8.61. The Bertz CT molecular complexity index is 1080. The van der Waals surface area contributed by atoms with Gasteiger partial charge in [0.25, 0.3) is 5.56 Å². The third kappa shape index (κ3) is 2.88. The molecule has 138 valence electrons. The van der Waals surface area contributed by atoms with Crippen molar-refractivity contribution < 1.29 is 9.53 Å². The molecule has 0 bridgehead atoms. The van der Waals surface area contributed by atoms with Crippen LogP contribution in [0.15, 0.2) is 23.3 Å². The Labute approximate surface area is 151 Å². The molecule has 2 aromatic heterocycles. The number of nitrogens with zero attached hydrogens (tertiary/aromatic N) is 3. The van der Waals surface area contributed by atoms with E-state index in [1.807, 2.05) is 26.0 Å². The van der Waals surface area contributed by atoms with E-state index in [4.69, 9.17) is 10.5 Å².